The van der Waals surface area contributed by atoms with Crippen molar-refractivity contribution in [3.8, 4) is 0 Å². The number of hydrogen-bond acceptors (Lipinski definition) is 2. The fourth-order valence-corrected chi connectivity index (χ4v) is 1.76. The van der Waals surface area contributed by atoms with Crippen LogP contribution in [0.15, 0.2) is 12.7 Å². The smallest absolute Gasteiger partial charge is 0.138 e. The number of allylic oxidation sites excluding steroid dienone is 1. The van der Waals surface area contributed by atoms with E-state index in [-0.39, 0.29) is 5.92 Å². The molecule has 80 valence electrons. The molecule has 0 aromatic carbocycles. The largest absolute Gasteiger partial charge is 0.381 e. The number of rotatable bonds is 7. The summed E-state index contributed by atoms with van der Waals surface area (Å²) in [5.74, 6) is 0.607. The Labute approximate surface area is 86.3 Å². The summed E-state index contributed by atoms with van der Waals surface area (Å²) in [6.45, 7) is 5.10. The van der Waals surface area contributed by atoms with E-state index in [0.717, 1.165) is 45.1 Å². The van der Waals surface area contributed by atoms with E-state index in [1.807, 2.05) is 6.08 Å². The van der Waals surface area contributed by atoms with Crippen molar-refractivity contribution >= 4 is 5.78 Å². The summed E-state index contributed by atoms with van der Waals surface area (Å²) in [5, 5.41) is 0. The van der Waals surface area contributed by atoms with Gasteiger partial charge in [0.05, 0.1) is 6.61 Å². The van der Waals surface area contributed by atoms with Crippen LogP contribution in [0.25, 0.3) is 0 Å². The summed E-state index contributed by atoms with van der Waals surface area (Å²) in [4.78, 5) is 11.6. The Morgan fingerprint density at radius 1 is 1.43 bits per heavy atom. The Bertz CT molecular complexity index is 181. The molecule has 0 amide bonds. The van der Waals surface area contributed by atoms with Crippen LogP contribution in [0.4, 0.5) is 0 Å². The van der Waals surface area contributed by atoms with Gasteiger partial charge in [-0.3, -0.25) is 4.79 Å². The van der Waals surface area contributed by atoms with E-state index in [1.165, 1.54) is 0 Å². The van der Waals surface area contributed by atoms with E-state index >= 15 is 0 Å². The summed E-state index contributed by atoms with van der Waals surface area (Å²) in [6.07, 6.45) is 8.02. The van der Waals surface area contributed by atoms with Crippen molar-refractivity contribution in [1.29, 1.82) is 0 Å². The summed E-state index contributed by atoms with van der Waals surface area (Å²) >= 11 is 0. The van der Waals surface area contributed by atoms with Crippen molar-refractivity contribution in [2.24, 2.45) is 5.92 Å². The maximum atomic E-state index is 11.6. The van der Waals surface area contributed by atoms with Crippen LogP contribution in [-0.2, 0) is 9.53 Å². The van der Waals surface area contributed by atoms with Crippen molar-refractivity contribution in [2.45, 2.75) is 38.5 Å². The molecule has 0 saturated carbocycles. The topological polar surface area (TPSA) is 26.3 Å². The summed E-state index contributed by atoms with van der Waals surface area (Å²) in [6, 6.07) is 0. The number of carbonyl (C=O) groups is 1. The summed E-state index contributed by atoms with van der Waals surface area (Å²) in [7, 11) is 0. The van der Waals surface area contributed by atoms with Gasteiger partial charge in [0.1, 0.15) is 5.78 Å². The van der Waals surface area contributed by atoms with Crippen molar-refractivity contribution in [3.05, 3.63) is 12.7 Å². The first-order valence-corrected chi connectivity index (χ1v) is 5.56. The highest BCUT2D eigenvalue weighted by Crippen LogP contribution is 2.16. The number of Topliss-reactive ketones (excluding diaryl/α,β-unsaturated/α-hetero) is 1. The average Bonchev–Trinajstić information content (AvgIpc) is 2.70. The van der Waals surface area contributed by atoms with Gasteiger partial charge in [-0.15, -0.1) is 6.58 Å². The van der Waals surface area contributed by atoms with E-state index in [4.69, 9.17) is 4.74 Å². The molecule has 0 N–H and O–H groups in total. The molecule has 1 saturated heterocycles. The molecule has 0 bridgehead atoms. The molecule has 1 unspecified atom stereocenters. The van der Waals surface area contributed by atoms with Gasteiger partial charge in [-0.1, -0.05) is 12.5 Å². The second-order valence-electron chi connectivity index (χ2n) is 3.91. The van der Waals surface area contributed by atoms with Gasteiger partial charge in [0.15, 0.2) is 0 Å². The average molecular weight is 196 g/mol. The Morgan fingerprint density at radius 3 is 2.93 bits per heavy atom. The zero-order valence-electron chi connectivity index (χ0n) is 8.84. The SMILES string of the molecule is C=CCCCCCC(=O)C1CCOC1. The normalized spacial score (nSPS) is 21.0. The third kappa shape index (κ3) is 4.05. The Balaban J connectivity index is 2.00. The number of ketones is 1. The van der Waals surface area contributed by atoms with Gasteiger partial charge in [0.2, 0.25) is 0 Å². The second kappa shape index (κ2) is 6.77. The highest BCUT2D eigenvalue weighted by Gasteiger charge is 2.22. The molecule has 1 atom stereocenters. The number of hydrogen-bond donors (Lipinski definition) is 0. The zero-order chi connectivity index (χ0) is 10.2. The van der Waals surface area contributed by atoms with E-state index in [1.54, 1.807) is 0 Å². The fraction of sp³-hybridized carbons (Fsp3) is 0.750. The highest BCUT2D eigenvalue weighted by atomic mass is 16.5. The Kier molecular flexibility index (Phi) is 5.53. The molecule has 14 heavy (non-hydrogen) atoms. The third-order valence-electron chi connectivity index (χ3n) is 2.72. The van der Waals surface area contributed by atoms with Gasteiger partial charge in [-0.05, 0) is 25.7 Å². The standard InChI is InChI=1S/C12H20O2/c1-2-3-4-5-6-7-12(13)11-8-9-14-10-11/h2,11H,1,3-10H2. The van der Waals surface area contributed by atoms with Crippen LogP contribution in [0.5, 0.6) is 0 Å². The minimum atomic E-state index is 0.203. The molecule has 1 heterocycles. The van der Waals surface area contributed by atoms with Gasteiger partial charge >= 0.3 is 0 Å². The molecule has 0 radical (unpaired) electrons. The van der Waals surface area contributed by atoms with E-state index in [0.29, 0.717) is 12.4 Å². The molecule has 0 spiro atoms. The number of carbonyl (C=O) groups excluding carboxylic acids is 1. The van der Waals surface area contributed by atoms with E-state index in [2.05, 4.69) is 6.58 Å². The lowest BCUT2D eigenvalue weighted by Crippen LogP contribution is -2.13. The molecule has 0 aromatic rings. The van der Waals surface area contributed by atoms with Crippen LogP contribution >= 0.6 is 0 Å². The van der Waals surface area contributed by atoms with E-state index < -0.39 is 0 Å². The van der Waals surface area contributed by atoms with Crippen LogP contribution in [-0.4, -0.2) is 19.0 Å². The van der Waals surface area contributed by atoms with Crippen molar-refractivity contribution in [2.75, 3.05) is 13.2 Å². The predicted molar refractivity (Wildman–Crippen MR) is 57.2 cm³/mol. The maximum Gasteiger partial charge on any atom is 0.138 e. The van der Waals surface area contributed by atoms with Crippen LogP contribution < -0.4 is 0 Å². The van der Waals surface area contributed by atoms with E-state index in [9.17, 15) is 4.79 Å². The molecular formula is C12H20O2. The van der Waals surface area contributed by atoms with Crippen LogP contribution in [0.3, 0.4) is 0 Å². The highest BCUT2D eigenvalue weighted by molar-refractivity contribution is 5.81. The maximum absolute atomic E-state index is 11.6. The van der Waals surface area contributed by atoms with Gasteiger partial charge in [-0.25, -0.2) is 0 Å². The first kappa shape index (κ1) is 11.4. The predicted octanol–water partition coefficient (Wildman–Crippen LogP) is 2.73. The number of unbranched alkanes of at least 4 members (excludes halogenated alkanes) is 3. The van der Waals surface area contributed by atoms with Crippen LogP contribution in [0.1, 0.15) is 38.5 Å². The molecule has 1 fully saturated rings. The minimum absolute atomic E-state index is 0.203. The zero-order valence-corrected chi connectivity index (χ0v) is 8.84. The first-order chi connectivity index (χ1) is 6.84. The summed E-state index contributed by atoms with van der Waals surface area (Å²) < 4.78 is 5.19. The monoisotopic (exact) mass is 196 g/mol. The van der Waals surface area contributed by atoms with Crippen molar-refractivity contribution < 1.29 is 9.53 Å². The Hall–Kier alpha value is -0.630. The van der Waals surface area contributed by atoms with Gasteiger partial charge < -0.3 is 4.74 Å². The van der Waals surface area contributed by atoms with Crippen molar-refractivity contribution in [3.63, 3.8) is 0 Å². The quantitative estimate of drug-likeness (QED) is 0.462. The van der Waals surface area contributed by atoms with Gasteiger partial charge in [-0.2, -0.15) is 0 Å². The Morgan fingerprint density at radius 2 is 2.29 bits per heavy atom. The molecule has 1 rings (SSSR count). The molecular weight excluding hydrogens is 176 g/mol. The first-order valence-electron chi connectivity index (χ1n) is 5.56. The minimum Gasteiger partial charge on any atom is -0.381 e. The molecule has 0 aliphatic carbocycles. The fourth-order valence-electron chi connectivity index (χ4n) is 1.76. The summed E-state index contributed by atoms with van der Waals surface area (Å²) in [5.41, 5.74) is 0. The lowest BCUT2D eigenvalue weighted by molar-refractivity contribution is -0.122. The van der Waals surface area contributed by atoms with Gasteiger partial charge in [0, 0.05) is 18.9 Å². The third-order valence-corrected chi connectivity index (χ3v) is 2.72. The van der Waals surface area contributed by atoms with Crippen LogP contribution in [0, 0.1) is 5.92 Å². The molecule has 2 nitrogen and oxygen atoms in total. The molecule has 0 aromatic heterocycles. The molecule has 1 aliphatic heterocycles. The van der Waals surface area contributed by atoms with Crippen molar-refractivity contribution in [1.82, 2.24) is 0 Å². The molecule has 1 aliphatic rings. The molecule has 2 heteroatoms. The second-order valence-corrected chi connectivity index (χ2v) is 3.91. The van der Waals surface area contributed by atoms with Crippen LogP contribution in [0.2, 0.25) is 0 Å². The number of ether oxygens (including phenoxy) is 1. The van der Waals surface area contributed by atoms with Gasteiger partial charge in [0.25, 0.3) is 0 Å². The lowest BCUT2D eigenvalue weighted by Gasteiger charge is -2.05. The lowest BCUT2D eigenvalue weighted by atomic mass is 9.98.